The van der Waals surface area contributed by atoms with Gasteiger partial charge in [-0.15, -0.1) is 0 Å². The van der Waals surface area contributed by atoms with Gasteiger partial charge in [0.15, 0.2) is 24.3 Å². The van der Waals surface area contributed by atoms with Crippen LogP contribution in [0.5, 0.6) is 34.5 Å². The smallest absolute Gasteiger partial charge is 0.331 e. The van der Waals surface area contributed by atoms with Gasteiger partial charge in [0, 0.05) is 29.7 Å². The maximum absolute atomic E-state index is 14.5. The Labute approximate surface area is 339 Å². The third-order valence-corrected chi connectivity index (χ3v) is 9.97. The molecule has 0 aliphatic carbocycles. The number of fused-ring (bicyclic) bond motifs is 1. The number of benzene rings is 4. The van der Waals surface area contributed by atoms with E-state index in [1.54, 1.807) is 12.1 Å². The molecular weight excluding hydrogens is 792 g/mol. The molecule has 4 aromatic carbocycles. The monoisotopic (exact) mass is 832 g/mol. The predicted octanol–water partition coefficient (Wildman–Crippen LogP) is 1.49. The molecule has 60 heavy (non-hydrogen) atoms. The van der Waals surface area contributed by atoms with Crippen LogP contribution in [-0.4, -0.2) is 126 Å². The molecule has 18 heteroatoms. The summed E-state index contributed by atoms with van der Waals surface area (Å²) in [5.41, 5.74) is -0.0622. The number of rotatable bonds is 11. The van der Waals surface area contributed by atoms with Crippen LogP contribution >= 0.6 is 0 Å². The molecule has 0 amide bonds. The number of phenols is 5. The highest BCUT2D eigenvalue weighted by atomic mass is 16.8. The second-order valence-corrected chi connectivity index (χ2v) is 14.1. The van der Waals surface area contributed by atoms with Crippen molar-refractivity contribution in [1.29, 1.82) is 0 Å². The molecule has 0 spiro atoms. The predicted molar refractivity (Wildman–Crippen MR) is 206 cm³/mol. The van der Waals surface area contributed by atoms with E-state index in [1.165, 1.54) is 66.7 Å². The van der Waals surface area contributed by atoms with Crippen LogP contribution in [0.4, 0.5) is 0 Å². The van der Waals surface area contributed by atoms with Crippen LogP contribution in [0, 0.1) is 0 Å². The Kier molecular flexibility index (Phi) is 12.3. The minimum absolute atomic E-state index is 0.00891. The SMILES string of the molecule is O=C(/C=C/c1ccc(O)cc1)O[C@H]1[C@H](O[C@H]2[C@H](Oc3c(-c4ccc(O)cc4)oc4c(Cc5ccc(O)cc5)c(O)cc(O)c4c3=O)O[C@H](CO)[C@@H](O)[C@@H]2O)OC[C@@H](O)[C@@H]1O. The molecule has 10 N–H and O–H groups in total. The third kappa shape index (κ3) is 8.71. The third-order valence-electron chi connectivity index (χ3n) is 9.97. The lowest BCUT2D eigenvalue weighted by molar-refractivity contribution is -0.345. The number of aliphatic hydroxyl groups excluding tert-OH is 5. The van der Waals surface area contributed by atoms with Gasteiger partial charge >= 0.3 is 5.97 Å². The first-order valence-corrected chi connectivity index (χ1v) is 18.4. The van der Waals surface area contributed by atoms with Gasteiger partial charge in [0.25, 0.3) is 0 Å². The number of aromatic hydroxyl groups is 5. The quantitative estimate of drug-likeness (QED) is 0.0666. The lowest BCUT2D eigenvalue weighted by Crippen LogP contribution is -2.64. The fourth-order valence-corrected chi connectivity index (χ4v) is 6.77. The van der Waals surface area contributed by atoms with E-state index in [0.29, 0.717) is 11.1 Å². The van der Waals surface area contributed by atoms with E-state index in [4.69, 9.17) is 28.1 Å². The molecule has 0 radical (unpaired) electrons. The van der Waals surface area contributed by atoms with Gasteiger partial charge < -0.3 is 79.2 Å². The summed E-state index contributed by atoms with van der Waals surface area (Å²) in [5.74, 6) is -3.40. The van der Waals surface area contributed by atoms with E-state index in [9.17, 15) is 60.7 Å². The Bertz CT molecular complexity index is 2390. The molecule has 2 saturated heterocycles. The van der Waals surface area contributed by atoms with Crippen LogP contribution in [0.15, 0.2) is 94.2 Å². The lowest BCUT2D eigenvalue weighted by Gasteiger charge is -2.45. The Hall–Kier alpha value is -6.22. The molecule has 2 aliphatic rings. The van der Waals surface area contributed by atoms with Crippen LogP contribution in [0.1, 0.15) is 16.7 Å². The summed E-state index contributed by atoms with van der Waals surface area (Å²) < 4.78 is 35.2. The second kappa shape index (κ2) is 17.6. The Balaban J connectivity index is 1.27. The number of hydrogen-bond acceptors (Lipinski definition) is 18. The van der Waals surface area contributed by atoms with E-state index in [0.717, 1.165) is 12.1 Å². The van der Waals surface area contributed by atoms with Gasteiger partial charge in [-0.3, -0.25) is 4.79 Å². The zero-order valence-corrected chi connectivity index (χ0v) is 31.2. The highest BCUT2D eigenvalue weighted by molar-refractivity contribution is 5.91. The number of esters is 1. The molecule has 0 unspecified atom stereocenters. The van der Waals surface area contributed by atoms with Crippen molar-refractivity contribution in [2.75, 3.05) is 13.2 Å². The number of carbonyl (C=O) groups excluding carboxylic acids is 1. The maximum atomic E-state index is 14.5. The summed E-state index contributed by atoms with van der Waals surface area (Å²) in [6, 6.07) is 17.9. The van der Waals surface area contributed by atoms with E-state index in [1.807, 2.05) is 0 Å². The van der Waals surface area contributed by atoms with Gasteiger partial charge in [0.2, 0.25) is 17.5 Å². The first-order valence-electron chi connectivity index (χ1n) is 18.4. The Morgan fingerprint density at radius 2 is 1.40 bits per heavy atom. The summed E-state index contributed by atoms with van der Waals surface area (Å²) in [4.78, 5) is 27.5. The second-order valence-electron chi connectivity index (χ2n) is 14.1. The maximum Gasteiger partial charge on any atom is 0.331 e. The molecule has 316 valence electrons. The van der Waals surface area contributed by atoms with Crippen molar-refractivity contribution >= 4 is 23.0 Å². The molecule has 18 nitrogen and oxygen atoms in total. The summed E-state index contributed by atoms with van der Waals surface area (Å²) in [6.07, 6.45) is -13.9. The fraction of sp³-hybridized carbons (Fsp3) is 0.286. The lowest BCUT2D eigenvalue weighted by atomic mass is 9.98. The summed E-state index contributed by atoms with van der Waals surface area (Å²) in [6.45, 7) is -1.43. The average molecular weight is 833 g/mol. The van der Waals surface area contributed by atoms with Crippen LogP contribution < -0.4 is 10.2 Å². The van der Waals surface area contributed by atoms with E-state index < -0.39 is 103 Å². The summed E-state index contributed by atoms with van der Waals surface area (Å²) in [5, 5.41) is 105. The van der Waals surface area contributed by atoms with Crippen LogP contribution in [0.3, 0.4) is 0 Å². The van der Waals surface area contributed by atoms with Crippen molar-refractivity contribution in [3.8, 4) is 45.8 Å². The van der Waals surface area contributed by atoms with Crippen molar-refractivity contribution in [2.24, 2.45) is 0 Å². The van der Waals surface area contributed by atoms with Crippen molar-refractivity contribution in [3.05, 3.63) is 112 Å². The zero-order valence-electron chi connectivity index (χ0n) is 31.2. The van der Waals surface area contributed by atoms with Crippen molar-refractivity contribution in [2.45, 2.75) is 61.7 Å². The highest BCUT2D eigenvalue weighted by Gasteiger charge is 2.51. The largest absolute Gasteiger partial charge is 0.508 e. The fourth-order valence-electron chi connectivity index (χ4n) is 6.77. The normalized spacial score (nSPS) is 25.6. The van der Waals surface area contributed by atoms with Crippen molar-refractivity contribution in [1.82, 2.24) is 0 Å². The Morgan fingerprint density at radius 1 is 0.767 bits per heavy atom. The van der Waals surface area contributed by atoms with Gasteiger partial charge in [0.1, 0.15) is 70.2 Å². The molecule has 7 rings (SSSR count). The van der Waals surface area contributed by atoms with Gasteiger partial charge in [-0.2, -0.15) is 0 Å². The van der Waals surface area contributed by atoms with Crippen LogP contribution in [-0.2, 0) is 30.2 Å². The molecule has 2 fully saturated rings. The standard InChI is InChI=1S/C42H40O18/c43-17-29-33(52)35(54)40(60-41-39(32(51)28(49)18-55-41)57-30(50)14-5-19-1-8-22(44)9-2-19)42(56-29)59-38-34(53)31-27(48)16-26(47)25(15-20-3-10-23(45)11-4-20)37(31)58-36(38)21-6-12-24(46)13-7-21/h1-14,16,28-29,32-33,35,39-49,51-52,54H,15,17-18H2/b14-5+/t28-,29-,32+,33-,35+,39-,40-,41+,42+/m1/s1. The van der Waals surface area contributed by atoms with Crippen LogP contribution in [0.2, 0.25) is 0 Å². The topological polar surface area (TPSA) is 296 Å². The van der Waals surface area contributed by atoms with Gasteiger partial charge in [-0.25, -0.2) is 4.79 Å². The Morgan fingerprint density at radius 3 is 2.05 bits per heavy atom. The number of carbonyl (C=O) groups is 1. The van der Waals surface area contributed by atoms with Gasteiger partial charge in [-0.05, 0) is 65.7 Å². The number of aliphatic hydroxyl groups is 5. The molecule has 1 aromatic heterocycles. The molecule has 0 saturated carbocycles. The minimum Gasteiger partial charge on any atom is -0.508 e. The zero-order chi connectivity index (χ0) is 42.8. The molecule has 0 bridgehead atoms. The first-order chi connectivity index (χ1) is 28.7. The number of phenolic OH excluding ortho intramolecular Hbond substituents is 5. The van der Waals surface area contributed by atoms with E-state index >= 15 is 0 Å². The van der Waals surface area contributed by atoms with Gasteiger partial charge in [-0.1, -0.05) is 24.3 Å². The molecule has 9 atom stereocenters. The minimum atomic E-state index is -1.99. The van der Waals surface area contributed by atoms with Crippen molar-refractivity contribution in [3.63, 3.8) is 0 Å². The number of hydrogen-bond donors (Lipinski definition) is 10. The van der Waals surface area contributed by atoms with Gasteiger partial charge in [0.05, 0.1) is 13.2 Å². The average Bonchev–Trinajstić information content (AvgIpc) is 3.23. The molecular formula is C42H40O18. The molecule has 3 heterocycles. The summed E-state index contributed by atoms with van der Waals surface area (Å²) >= 11 is 0. The highest BCUT2D eigenvalue weighted by Crippen LogP contribution is 2.41. The van der Waals surface area contributed by atoms with E-state index in [2.05, 4.69) is 0 Å². The molecule has 2 aliphatic heterocycles. The molecule has 5 aromatic rings. The van der Waals surface area contributed by atoms with Crippen molar-refractivity contribution < 1.29 is 84.0 Å². The first kappa shape index (κ1) is 41.9. The van der Waals surface area contributed by atoms with Crippen LogP contribution in [0.25, 0.3) is 28.4 Å². The number of ether oxygens (including phenoxy) is 5. The van der Waals surface area contributed by atoms with E-state index in [-0.39, 0.29) is 46.1 Å². The summed E-state index contributed by atoms with van der Waals surface area (Å²) in [7, 11) is 0.